The maximum absolute atomic E-state index is 12.0. The minimum atomic E-state index is 0. The molecular formula is C15H23Cl2N3OS2. The molecule has 0 aliphatic rings. The van der Waals surface area contributed by atoms with Crippen molar-refractivity contribution in [1.29, 1.82) is 0 Å². The average Bonchev–Trinajstić information content (AvgIpc) is 3.13. The molecule has 1 unspecified atom stereocenters. The average molecular weight is 396 g/mol. The number of aromatic nitrogens is 1. The molecule has 0 saturated carbocycles. The number of thiophene rings is 1. The van der Waals surface area contributed by atoms with Gasteiger partial charge in [0.1, 0.15) is 5.01 Å². The van der Waals surface area contributed by atoms with E-state index in [9.17, 15) is 4.79 Å². The number of hydrogen-bond acceptors (Lipinski definition) is 5. The van der Waals surface area contributed by atoms with E-state index in [4.69, 9.17) is 5.73 Å². The number of halogens is 2. The quantitative estimate of drug-likeness (QED) is 0.711. The normalized spacial score (nSPS) is 11.2. The standard InChI is InChI=1S/C15H21N3OS2.2ClH/c1-2-3-5-11(9-16)17-14(19)8-12-10-21-15(18-12)13-6-4-7-20-13;;/h4,6-7,10-11H,2-3,5,8-9,16H2,1H3,(H,17,19);2*1H. The molecule has 0 fully saturated rings. The Morgan fingerprint density at radius 1 is 1.39 bits per heavy atom. The van der Waals surface area contributed by atoms with Gasteiger partial charge in [0.15, 0.2) is 0 Å². The lowest BCUT2D eigenvalue weighted by Gasteiger charge is -2.15. The van der Waals surface area contributed by atoms with Crippen molar-refractivity contribution in [2.45, 2.75) is 38.6 Å². The second kappa shape index (κ2) is 11.8. The first-order valence-electron chi connectivity index (χ1n) is 7.20. The number of nitrogens with two attached hydrogens (primary N) is 1. The summed E-state index contributed by atoms with van der Waals surface area (Å²) in [5, 5.41) is 7.96. The van der Waals surface area contributed by atoms with E-state index in [1.807, 2.05) is 22.9 Å². The van der Waals surface area contributed by atoms with Crippen LogP contribution in [-0.2, 0) is 11.2 Å². The van der Waals surface area contributed by atoms with Gasteiger partial charge in [-0.25, -0.2) is 4.98 Å². The lowest BCUT2D eigenvalue weighted by atomic mass is 10.1. The maximum atomic E-state index is 12.0. The molecular weight excluding hydrogens is 373 g/mol. The van der Waals surface area contributed by atoms with Crippen molar-refractivity contribution in [3.05, 3.63) is 28.6 Å². The maximum Gasteiger partial charge on any atom is 0.226 e. The molecule has 0 radical (unpaired) electrons. The number of nitrogens with one attached hydrogen (secondary N) is 1. The van der Waals surface area contributed by atoms with Crippen molar-refractivity contribution in [1.82, 2.24) is 10.3 Å². The van der Waals surface area contributed by atoms with Crippen LogP contribution in [0.5, 0.6) is 0 Å². The predicted molar refractivity (Wildman–Crippen MR) is 104 cm³/mol. The number of hydrogen-bond donors (Lipinski definition) is 2. The molecule has 1 amide bonds. The smallest absolute Gasteiger partial charge is 0.226 e. The monoisotopic (exact) mass is 395 g/mol. The molecule has 0 saturated heterocycles. The third kappa shape index (κ3) is 7.18. The molecule has 2 aromatic heterocycles. The highest BCUT2D eigenvalue weighted by Gasteiger charge is 2.13. The van der Waals surface area contributed by atoms with Crippen LogP contribution in [0, 0.1) is 0 Å². The zero-order chi connectivity index (χ0) is 15.1. The molecule has 0 aliphatic carbocycles. The fraction of sp³-hybridized carbons (Fsp3) is 0.467. The Balaban J connectivity index is 0.00000242. The van der Waals surface area contributed by atoms with Crippen LogP contribution in [0.2, 0.25) is 0 Å². The van der Waals surface area contributed by atoms with E-state index < -0.39 is 0 Å². The summed E-state index contributed by atoms with van der Waals surface area (Å²) in [6.45, 7) is 2.63. The van der Waals surface area contributed by atoms with Gasteiger partial charge in [0.05, 0.1) is 17.0 Å². The van der Waals surface area contributed by atoms with Crippen LogP contribution in [0.25, 0.3) is 9.88 Å². The first kappa shape index (κ1) is 22.3. The van der Waals surface area contributed by atoms with E-state index in [2.05, 4.69) is 17.2 Å². The Bertz CT molecular complexity index is 561. The van der Waals surface area contributed by atoms with Gasteiger partial charge < -0.3 is 11.1 Å². The molecule has 4 nitrogen and oxygen atoms in total. The topological polar surface area (TPSA) is 68.0 Å². The Morgan fingerprint density at radius 2 is 2.17 bits per heavy atom. The van der Waals surface area contributed by atoms with Crippen LogP contribution in [0.1, 0.15) is 31.9 Å². The molecule has 0 bridgehead atoms. The van der Waals surface area contributed by atoms with Crippen molar-refractivity contribution in [2.24, 2.45) is 5.73 Å². The molecule has 2 rings (SSSR count). The number of amides is 1. The number of nitrogens with zero attached hydrogens (tertiary/aromatic N) is 1. The van der Waals surface area contributed by atoms with Gasteiger partial charge in [-0.05, 0) is 17.9 Å². The molecule has 8 heteroatoms. The predicted octanol–water partition coefficient (Wildman–Crippen LogP) is 3.89. The van der Waals surface area contributed by atoms with E-state index in [-0.39, 0.29) is 36.8 Å². The highest BCUT2D eigenvalue weighted by Crippen LogP contribution is 2.27. The van der Waals surface area contributed by atoms with E-state index in [1.54, 1.807) is 22.7 Å². The summed E-state index contributed by atoms with van der Waals surface area (Å²) in [7, 11) is 0. The molecule has 0 aliphatic heterocycles. The Hall–Kier alpha value is -0.660. The zero-order valence-electron chi connectivity index (χ0n) is 13.0. The minimum Gasteiger partial charge on any atom is -0.352 e. The Morgan fingerprint density at radius 3 is 2.78 bits per heavy atom. The van der Waals surface area contributed by atoms with E-state index in [0.29, 0.717) is 13.0 Å². The highest BCUT2D eigenvalue weighted by molar-refractivity contribution is 7.20. The number of carbonyl (C=O) groups excluding carboxylic acids is 1. The number of rotatable bonds is 8. The Labute approximate surface area is 157 Å². The molecule has 2 heterocycles. The number of unbranched alkanes of at least 4 members (excludes halogenated alkanes) is 1. The lowest BCUT2D eigenvalue weighted by molar-refractivity contribution is -0.121. The van der Waals surface area contributed by atoms with Gasteiger partial charge in [-0.3, -0.25) is 4.79 Å². The fourth-order valence-electron chi connectivity index (χ4n) is 2.04. The van der Waals surface area contributed by atoms with Crippen molar-refractivity contribution >= 4 is 53.4 Å². The van der Waals surface area contributed by atoms with Gasteiger partial charge >= 0.3 is 0 Å². The molecule has 130 valence electrons. The van der Waals surface area contributed by atoms with Gasteiger partial charge in [-0.1, -0.05) is 25.8 Å². The van der Waals surface area contributed by atoms with Crippen molar-refractivity contribution in [2.75, 3.05) is 6.54 Å². The van der Waals surface area contributed by atoms with E-state index in [1.165, 1.54) is 0 Å². The molecule has 2 aromatic rings. The first-order valence-corrected chi connectivity index (χ1v) is 8.96. The van der Waals surface area contributed by atoms with Gasteiger partial charge in [0, 0.05) is 18.0 Å². The summed E-state index contributed by atoms with van der Waals surface area (Å²) in [6, 6.07) is 4.13. The van der Waals surface area contributed by atoms with Crippen LogP contribution < -0.4 is 11.1 Å². The molecule has 0 spiro atoms. The molecule has 3 N–H and O–H groups in total. The van der Waals surface area contributed by atoms with Crippen LogP contribution >= 0.6 is 47.5 Å². The first-order chi connectivity index (χ1) is 10.2. The third-order valence-electron chi connectivity index (χ3n) is 3.18. The second-order valence-electron chi connectivity index (χ2n) is 4.94. The minimum absolute atomic E-state index is 0. The van der Waals surface area contributed by atoms with Crippen LogP contribution in [-0.4, -0.2) is 23.5 Å². The summed E-state index contributed by atoms with van der Waals surface area (Å²) in [5.74, 6) is 0.00424. The van der Waals surface area contributed by atoms with Gasteiger partial charge in [0.2, 0.25) is 5.91 Å². The zero-order valence-corrected chi connectivity index (χ0v) is 16.3. The van der Waals surface area contributed by atoms with Gasteiger partial charge in [0.25, 0.3) is 0 Å². The van der Waals surface area contributed by atoms with Crippen LogP contribution in [0.4, 0.5) is 0 Å². The summed E-state index contributed by atoms with van der Waals surface area (Å²) in [5.41, 5.74) is 6.52. The molecule has 0 aromatic carbocycles. The van der Waals surface area contributed by atoms with Crippen molar-refractivity contribution < 1.29 is 4.79 Å². The number of carbonyl (C=O) groups is 1. The van der Waals surface area contributed by atoms with Gasteiger partial charge in [-0.2, -0.15) is 0 Å². The molecule has 23 heavy (non-hydrogen) atoms. The van der Waals surface area contributed by atoms with E-state index >= 15 is 0 Å². The SMILES string of the molecule is CCCCC(CN)NC(=O)Cc1csc(-c2cccs2)n1.Cl.Cl. The third-order valence-corrected chi connectivity index (χ3v) is 5.11. The van der Waals surface area contributed by atoms with Crippen molar-refractivity contribution in [3.63, 3.8) is 0 Å². The summed E-state index contributed by atoms with van der Waals surface area (Å²) in [6.07, 6.45) is 3.46. The van der Waals surface area contributed by atoms with Crippen LogP contribution in [0.15, 0.2) is 22.9 Å². The second-order valence-corrected chi connectivity index (χ2v) is 6.75. The Kier molecular flexibility index (Phi) is 11.5. The lowest BCUT2D eigenvalue weighted by Crippen LogP contribution is -2.40. The largest absolute Gasteiger partial charge is 0.352 e. The van der Waals surface area contributed by atoms with Gasteiger partial charge in [-0.15, -0.1) is 47.5 Å². The number of thiazole rings is 1. The highest BCUT2D eigenvalue weighted by atomic mass is 35.5. The summed E-state index contributed by atoms with van der Waals surface area (Å²) in [4.78, 5) is 17.7. The fourth-order valence-corrected chi connectivity index (χ4v) is 3.68. The van der Waals surface area contributed by atoms with Crippen molar-refractivity contribution in [3.8, 4) is 9.88 Å². The van der Waals surface area contributed by atoms with E-state index in [0.717, 1.165) is 34.8 Å². The molecule has 1 atom stereocenters. The summed E-state index contributed by atoms with van der Waals surface area (Å²) >= 11 is 3.24. The van der Waals surface area contributed by atoms with Crippen LogP contribution in [0.3, 0.4) is 0 Å². The summed E-state index contributed by atoms with van der Waals surface area (Å²) < 4.78 is 0.